The van der Waals surface area contributed by atoms with Gasteiger partial charge in [0, 0.05) is 22.8 Å². The number of hydrogen-bond acceptors (Lipinski definition) is 6. The number of thiophene rings is 1. The van der Waals surface area contributed by atoms with Gasteiger partial charge in [-0.1, -0.05) is 5.16 Å². The number of aromatic nitrogens is 3. The van der Waals surface area contributed by atoms with E-state index in [-0.39, 0.29) is 0 Å². The lowest BCUT2D eigenvalue weighted by Crippen LogP contribution is -1.88. The molecule has 3 heterocycles. The molecule has 3 aromatic heterocycles. The minimum Gasteiger partial charge on any atom is -0.390 e. The van der Waals surface area contributed by atoms with Crippen LogP contribution in [0, 0.1) is 20.8 Å². The average Bonchev–Trinajstić information content (AvgIpc) is 2.96. The first-order valence-corrected chi connectivity index (χ1v) is 7.00. The molecular weight excluding hydrogens is 272 g/mol. The SMILES string of the molecule is Cc1cnccc1-c1noc(-c2c(N)sc(C)c2C)n1. The number of nitrogens with two attached hydrogens (primary N) is 1. The molecule has 5 nitrogen and oxygen atoms in total. The molecule has 3 aromatic rings. The van der Waals surface area contributed by atoms with E-state index in [1.807, 2.05) is 26.8 Å². The molecule has 0 unspecified atom stereocenters. The number of aryl methyl sites for hydroxylation is 2. The number of pyridine rings is 1. The van der Waals surface area contributed by atoms with Crippen molar-refractivity contribution in [2.45, 2.75) is 20.8 Å². The number of hydrogen-bond donors (Lipinski definition) is 1. The van der Waals surface area contributed by atoms with Crippen molar-refractivity contribution in [2.75, 3.05) is 5.73 Å². The quantitative estimate of drug-likeness (QED) is 0.781. The van der Waals surface area contributed by atoms with E-state index in [9.17, 15) is 0 Å². The maximum Gasteiger partial charge on any atom is 0.261 e. The van der Waals surface area contributed by atoms with E-state index in [0.29, 0.717) is 16.7 Å². The van der Waals surface area contributed by atoms with E-state index in [1.54, 1.807) is 12.4 Å². The van der Waals surface area contributed by atoms with Gasteiger partial charge in [-0.05, 0) is 38.0 Å². The van der Waals surface area contributed by atoms with Crippen molar-refractivity contribution in [1.29, 1.82) is 0 Å². The summed E-state index contributed by atoms with van der Waals surface area (Å²) in [4.78, 5) is 9.69. The van der Waals surface area contributed by atoms with Crippen molar-refractivity contribution < 1.29 is 4.52 Å². The fourth-order valence-corrected chi connectivity index (χ4v) is 3.01. The number of nitrogen functional groups attached to an aromatic ring is 1. The summed E-state index contributed by atoms with van der Waals surface area (Å²) in [5.41, 5.74) is 9.89. The molecule has 0 aliphatic rings. The molecule has 0 aliphatic carbocycles. The highest BCUT2D eigenvalue weighted by Gasteiger charge is 2.19. The van der Waals surface area contributed by atoms with Crippen LogP contribution in [0.2, 0.25) is 0 Å². The summed E-state index contributed by atoms with van der Waals surface area (Å²) in [7, 11) is 0. The second-order valence-electron chi connectivity index (χ2n) is 4.64. The Balaban J connectivity index is 2.09. The third-order valence-corrected chi connectivity index (χ3v) is 4.35. The summed E-state index contributed by atoms with van der Waals surface area (Å²) in [6.45, 7) is 6.01. The molecule has 0 spiro atoms. The van der Waals surface area contributed by atoms with Gasteiger partial charge in [0.05, 0.1) is 10.6 Å². The lowest BCUT2D eigenvalue weighted by atomic mass is 10.1. The Bertz CT molecular complexity index is 775. The number of anilines is 1. The smallest absolute Gasteiger partial charge is 0.261 e. The summed E-state index contributed by atoms with van der Waals surface area (Å²) in [5, 5.41) is 4.76. The highest BCUT2D eigenvalue weighted by molar-refractivity contribution is 7.16. The van der Waals surface area contributed by atoms with Gasteiger partial charge in [0.25, 0.3) is 5.89 Å². The molecule has 0 saturated heterocycles. The van der Waals surface area contributed by atoms with Crippen LogP contribution < -0.4 is 5.73 Å². The molecule has 0 saturated carbocycles. The van der Waals surface area contributed by atoms with Crippen LogP contribution in [0.3, 0.4) is 0 Å². The van der Waals surface area contributed by atoms with Crippen molar-refractivity contribution in [3.8, 4) is 22.8 Å². The second kappa shape index (κ2) is 4.72. The van der Waals surface area contributed by atoms with Crippen LogP contribution in [-0.2, 0) is 0 Å². The van der Waals surface area contributed by atoms with Gasteiger partial charge < -0.3 is 10.3 Å². The number of nitrogens with zero attached hydrogens (tertiary/aromatic N) is 3. The van der Waals surface area contributed by atoms with Gasteiger partial charge in [-0.15, -0.1) is 11.3 Å². The van der Waals surface area contributed by atoms with Crippen LogP contribution in [0.5, 0.6) is 0 Å². The molecule has 0 bridgehead atoms. The van der Waals surface area contributed by atoms with Crippen LogP contribution in [0.25, 0.3) is 22.8 Å². The summed E-state index contributed by atoms with van der Waals surface area (Å²) >= 11 is 1.54. The highest BCUT2D eigenvalue weighted by Crippen LogP contribution is 2.37. The Kier molecular flexibility index (Phi) is 3.02. The maximum absolute atomic E-state index is 6.03. The summed E-state index contributed by atoms with van der Waals surface area (Å²) < 4.78 is 5.38. The molecule has 0 radical (unpaired) electrons. The molecular formula is C14H14N4OS. The van der Waals surface area contributed by atoms with Crippen molar-refractivity contribution >= 4 is 16.3 Å². The highest BCUT2D eigenvalue weighted by atomic mass is 32.1. The Labute approximate surface area is 120 Å². The predicted octanol–water partition coefficient (Wildman–Crippen LogP) is 3.37. The van der Waals surface area contributed by atoms with Crippen LogP contribution in [0.1, 0.15) is 16.0 Å². The minimum absolute atomic E-state index is 0.468. The standard InChI is InChI=1S/C14H14N4OS/c1-7-6-16-5-4-10(7)13-17-14(19-18-13)11-8(2)9(3)20-12(11)15/h4-6H,15H2,1-3H3. The minimum atomic E-state index is 0.468. The zero-order valence-corrected chi connectivity index (χ0v) is 12.3. The van der Waals surface area contributed by atoms with E-state index in [0.717, 1.165) is 27.1 Å². The summed E-state index contributed by atoms with van der Waals surface area (Å²) in [5.74, 6) is 1.03. The van der Waals surface area contributed by atoms with Crippen LogP contribution in [-0.4, -0.2) is 15.1 Å². The topological polar surface area (TPSA) is 77.8 Å². The van der Waals surface area contributed by atoms with Crippen molar-refractivity contribution in [1.82, 2.24) is 15.1 Å². The normalized spacial score (nSPS) is 10.9. The van der Waals surface area contributed by atoms with Gasteiger partial charge in [-0.3, -0.25) is 4.98 Å². The van der Waals surface area contributed by atoms with E-state index in [1.165, 1.54) is 11.3 Å². The maximum atomic E-state index is 6.03. The molecule has 2 N–H and O–H groups in total. The lowest BCUT2D eigenvalue weighted by Gasteiger charge is -1.97. The Hall–Kier alpha value is -2.21. The largest absolute Gasteiger partial charge is 0.390 e. The van der Waals surface area contributed by atoms with E-state index >= 15 is 0 Å². The van der Waals surface area contributed by atoms with Gasteiger partial charge in [0.15, 0.2) is 0 Å². The van der Waals surface area contributed by atoms with Crippen LogP contribution >= 0.6 is 11.3 Å². The van der Waals surface area contributed by atoms with Gasteiger partial charge in [-0.2, -0.15) is 4.98 Å². The van der Waals surface area contributed by atoms with Crippen molar-refractivity contribution in [2.24, 2.45) is 0 Å². The van der Waals surface area contributed by atoms with Crippen molar-refractivity contribution in [3.63, 3.8) is 0 Å². The zero-order valence-electron chi connectivity index (χ0n) is 11.5. The lowest BCUT2D eigenvalue weighted by molar-refractivity contribution is 0.432. The van der Waals surface area contributed by atoms with Crippen LogP contribution in [0.4, 0.5) is 5.00 Å². The molecule has 0 fully saturated rings. The first-order valence-electron chi connectivity index (χ1n) is 6.18. The average molecular weight is 286 g/mol. The third kappa shape index (κ3) is 1.98. The molecule has 6 heteroatoms. The fourth-order valence-electron chi connectivity index (χ4n) is 2.08. The van der Waals surface area contributed by atoms with Crippen LogP contribution in [0.15, 0.2) is 23.0 Å². The Morgan fingerprint density at radius 3 is 2.70 bits per heavy atom. The molecule has 0 amide bonds. The van der Waals surface area contributed by atoms with Crippen molar-refractivity contribution in [3.05, 3.63) is 34.5 Å². The Morgan fingerprint density at radius 1 is 1.25 bits per heavy atom. The molecule has 102 valence electrons. The van der Waals surface area contributed by atoms with E-state index < -0.39 is 0 Å². The molecule has 0 atom stereocenters. The number of rotatable bonds is 2. The Morgan fingerprint density at radius 2 is 2.05 bits per heavy atom. The summed E-state index contributed by atoms with van der Waals surface area (Å²) in [6.07, 6.45) is 3.49. The van der Waals surface area contributed by atoms with Gasteiger partial charge in [0.1, 0.15) is 0 Å². The van der Waals surface area contributed by atoms with E-state index in [2.05, 4.69) is 15.1 Å². The first kappa shape index (κ1) is 12.8. The molecule has 0 aromatic carbocycles. The van der Waals surface area contributed by atoms with E-state index in [4.69, 9.17) is 10.3 Å². The van der Waals surface area contributed by atoms with Gasteiger partial charge >= 0.3 is 0 Å². The summed E-state index contributed by atoms with van der Waals surface area (Å²) in [6, 6.07) is 1.87. The van der Waals surface area contributed by atoms with Gasteiger partial charge in [0.2, 0.25) is 5.82 Å². The predicted molar refractivity (Wildman–Crippen MR) is 79.5 cm³/mol. The molecule has 3 rings (SSSR count). The van der Waals surface area contributed by atoms with Gasteiger partial charge in [-0.25, -0.2) is 0 Å². The first-order chi connectivity index (χ1) is 9.58. The molecule has 20 heavy (non-hydrogen) atoms. The third-order valence-electron chi connectivity index (χ3n) is 3.31. The fraction of sp³-hybridized carbons (Fsp3) is 0.214. The zero-order chi connectivity index (χ0) is 14.3. The molecule has 0 aliphatic heterocycles. The monoisotopic (exact) mass is 286 g/mol. The second-order valence-corrected chi connectivity index (χ2v) is 5.89.